The Hall–Kier alpha value is -3.02. The minimum Gasteiger partial charge on any atom is -0.497 e. The van der Waals surface area contributed by atoms with Gasteiger partial charge in [-0.05, 0) is 41.8 Å². The SMILES string of the molecule is COc1ccc(CC(=O)NCC(=O)NCCc2cccc(OC)c2)cc1. The fourth-order valence-electron chi connectivity index (χ4n) is 2.41. The average Bonchev–Trinajstić information content (AvgIpc) is 2.67. The number of amides is 2. The zero-order valence-electron chi connectivity index (χ0n) is 15.1. The average molecular weight is 356 g/mol. The molecule has 0 heterocycles. The fourth-order valence-corrected chi connectivity index (χ4v) is 2.41. The largest absolute Gasteiger partial charge is 0.497 e. The fraction of sp³-hybridized carbons (Fsp3) is 0.300. The lowest BCUT2D eigenvalue weighted by Gasteiger charge is -2.08. The molecule has 2 aromatic rings. The first-order valence-corrected chi connectivity index (χ1v) is 8.40. The van der Waals surface area contributed by atoms with Gasteiger partial charge in [0.15, 0.2) is 0 Å². The summed E-state index contributed by atoms with van der Waals surface area (Å²) < 4.78 is 10.2. The molecule has 0 spiro atoms. The molecular weight excluding hydrogens is 332 g/mol. The zero-order chi connectivity index (χ0) is 18.8. The molecule has 0 fully saturated rings. The molecule has 2 rings (SSSR count). The van der Waals surface area contributed by atoms with Crippen molar-refractivity contribution in [1.29, 1.82) is 0 Å². The van der Waals surface area contributed by atoms with Crippen molar-refractivity contribution in [2.75, 3.05) is 27.3 Å². The minimum absolute atomic E-state index is 0.0346. The Morgan fingerprint density at radius 2 is 1.58 bits per heavy atom. The van der Waals surface area contributed by atoms with Crippen molar-refractivity contribution in [3.63, 3.8) is 0 Å². The summed E-state index contributed by atoms with van der Waals surface area (Å²) in [4.78, 5) is 23.7. The number of rotatable bonds is 9. The molecule has 6 nitrogen and oxygen atoms in total. The highest BCUT2D eigenvalue weighted by Crippen LogP contribution is 2.13. The summed E-state index contributed by atoms with van der Waals surface area (Å²) in [5.41, 5.74) is 1.94. The summed E-state index contributed by atoms with van der Waals surface area (Å²) in [5.74, 6) is 1.12. The first-order chi connectivity index (χ1) is 12.6. The van der Waals surface area contributed by atoms with Crippen LogP contribution in [0.2, 0.25) is 0 Å². The summed E-state index contributed by atoms with van der Waals surface area (Å²) in [6, 6.07) is 14.9. The van der Waals surface area contributed by atoms with Crippen LogP contribution >= 0.6 is 0 Å². The molecule has 0 bridgehead atoms. The maximum absolute atomic E-state index is 11.9. The van der Waals surface area contributed by atoms with Gasteiger partial charge in [0.05, 0.1) is 27.2 Å². The second-order valence-corrected chi connectivity index (χ2v) is 5.75. The highest BCUT2D eigenvalue weighted by Gasteiger charge is 2.07. The molecule has 2 N–H and O–H groups in total. The van der Waals surface area contributed by atoms with E-state index in [1.807, 2.05) is 36.4 Å². The van der Waals surface area contributed by atoms with Gasteiger partial charge in [0.25, 0.3) is 0 Å². The summed E-state index contributed by atoms with van der Waals surface area (Å²) in [5, 5.41) is 5.42. The van der Waals surface area contributed by atoms with Crippen molar-refractivity contribution in [2.45, 2.75) is 12.8 Å². The molecule has 2 amide bonds. The van der Waals surface area contributed by atoms with Gasteiger partial charge in [-0.15, -0.1) is 0 Å². The smallest absolute Gasteiger partial charge is 0.239 e. The maximum atomic E-state index is 11.9. The molecule has 0 aliphatic carbocycles. The molecule has 6 heteroatoms. The summed E-state index contributed by atoms with van der Waals surface area (Å²) in [6.07, 6.45) is 0.920. The molecule has 0 aliphatic rings. The van der Waals surface area contributed by atoms with E-state index in [0.29, 0.717) is 13.0 Å². The second-order valence-electron chi connectivity index (χ2n) is 5.75. The first kappa shape index (κ1) is 19.3. The minimum atomic E-state index is -0.212. The van der Waals surface area contributed by atoms with Crippen LogP contribution in [-0.2, 0) is 22.4 Å². The van der Waals surface area contributed by atoms with E-state index in [2.05, 4.69) is 10.6 Å². The third kappa shape index (κ3) is 6.47. The predicted octanol–water partition coefficient (Wildman–Crippen LogP) is 1.72. The molecule has 0 saturated carbocycles. The van der Waals surface area contributed by atoms with Crippen molar-refractivity contribution >= 4 is 11.8 Å². The second kappa shape index (κ2) is 10.1. The first-order valence-electron chi connectivity index (χ1n) is 8.40. The zero-order valence-corrected chi connectivity index (χ0v) is 15.1. The standard InChI is InChI=1S/C20H24N2O4/c1-25-17-8-6-16(7-9-17)13-19(23)22-14-20(24)21-11-10-15-4-3-5-18(12-15)26-2/h3-9,12H,10-11,13-14H2,1-2H3,(H,21,24)(H,22,23). The number of carbonyl (C=O) groups excluding carboxylic acids is 2. The molecular formula is C20H24N2O4. The van der Waals surface area contributed by atoms with E-state index < -0.39 is 0 Å². The Morgan fingerprint density at radius 3 is 2.27 bits per heavy atom. The van der Waals surface area contributed by atoms with Crippen molar-refractivity contribution in [3.05, 3.63) is 59.7 Å². The van der Waals surface area contributed by atoms with Crippen LogP contribution < -0.4 is 20.1 Å². The molecule has 26 heavy (non-hydrogen) atoms. The van der Waals surface area contributed by atoms with E-state index in [9.17, 15) is 9.59 Å². The van der Waals surface area contributed by atoms with E-state index in [0.717, 1.165) is 22.6 Å². The summed E-state index contributed by atoms with van der Waals surface area (Å²) >= 11 is 0. The normalized spacial score (nSPS) is 10.1. The van der Waals surface area contributed by atoms with Gasteiger partial charge in [0.1, 0.15) is 11.5 Å². The van der Waals surface area contributed by atoms with Crippen LogP contribution in [0.25, 0.3) is 0 Å². The van der Waals surface area contributed by atoms with Crippen LogP contribution in [-0.4, -0.2) is 39.1 Å². The monoisotopic (exact) mass is 356 g/mol. The lowest BCUT2D eigenvalue weighted by atomic mass is 10.1. The highest BCUT2D eigenvalue weighted by atomic mass is 16.5. The van der Waals surface area contributed by atoms with Gasteiger partial charge in [-0.1, -0.05) is 24.3 Å². The molecule has 0 unspecified atom stereocenters. The van der Waals surface area contributed by atoms with Crippen LogP contribution in [0.4, 0.5) is 0 Å². The number of ether oxygens (including phenoxy) is 2. The van der Waals surface area contributed by atoms with Crippen LogP contribution in [0.3, 0.4) is 0 Å². The van der Waals surface area contributed by atoms with Crippen LogP contribution in [0.1, 0.15) is 11.1 Å². The van der Waals surface area contributed by atoms with Gasteiger partial charge in [0, 0.05) is 6.54 Å². The van der Waals surface area contributed by atoms with Crippen molar-refractivity contribution < 1.29 is 19.1 Å². The molecule has 0 radical (unpaired) electrons. The summed E-state index contributed by atoms with van der Waals surface area (Å²) in [6.45, 7) is 0.466. The number of carbonyl (C=O) groups is 2. The number of nitrogens with one attached hydrogen (secondary N) is 2. The number of methoxy groups -OCH3 is 2. The van der Waals surface area contributed by atoms with Crippen LogP contribution in [0.15, 0.2) is 48.5 Å². The quantitative estimate of drug-likeness (QED) is 0.717. The molecule has 0 aliphatic heterocycles. The maximum Gasteiger partial charge on any atom is 0.239 e. The third-order valence-electron chi connectivity index (χ3n) is 3.84. The summed E-state index contributed by atoms with van der Waals surface area (Å²) in [7, 11) is 3.21. The van der Waals surface area contributed by atoms with E-state index >= 15 is 0 Å². The Balaban J connectivity index is 1.66. The lowest BCUT2D eigenvalue weighted by molar-refractivity contribution is -0.125. The van der Waals surface area contributed by atoms with Gasteiger partial charge in [-0.2, -0.15) is 0 Å². The Morgan fingerprint density at radius 1 is 0.846 bits per heavy atom. The molecule has 0 aromatic heterocycles. The molecule has 0 atom stereocenters. The number of benzene rings is 2. The van der Waals surface area contributed by atoms with Gasteiger partial charge in [-0.25, -0.2) is 0 Å². The van der Waals surface area contributed by atoms with E-state index in [1.54, 1.807) is 26.4 Å². The van der Waals surface area contributed by atoms with Crippen LogP contribution in [0, 0.1) is 0 Å². The van der Waals surface area contributed by atoms with Gasteiger partial charge >= 0.3 is 0 Å². The topological polar surface area (TPSA) is 76.7 Å². The van der Waals surface area contributed by atoms with E-state index in [1.165, 1.54) is 0 Å². The predicted molar refractivity (Wildman–Crippen MR) is 99.4 cm³/mol. The number of hydrogen-bond acceptors (Lipinski definition) is 4. The Labute approximate surface area is 153 Å². The molecule has 138 valence electrons. The van der Waals surface area contributed by atoms with E-state index in [-0.39, 0.29) is 24.8 Å². The van der Waals surface area contributed by atoms with Gasteiger partial charge in [0.2, 0.25) is 11.8 Å². The van der Waals surface area contributed by atoms with Crippen molar-refractivity contribution in [3.8, 4) is 11.5 Å². The number of hydrogen-bond donors (Lipinski definition) is 2. The Kier molecular flexibility index (Phi) is 7.49. The Bertz CT molecular complexity index is 729. The van der Waals surface area contributed by atoms with Crippen molar-refractivity contribution in [2.24, 2.45) is 0 Å². The lowest BCUT2D eigenvalue weighted by Crippen LogP contribution is -2.38. The highest BCUT2D eigenvalue weighted by molar-refractivity contribution is 5.85. The van der Waals surface area contributed by atoms with Gasteiger partial charge < -0.3 is 20.1 Å². The van der Waals surface area contributed by atoms with Gasteiger partial charge in [-0.3, -0.25) is 9.59 Å². The van der Waals surface area contributed by atoms with Crippen LogP contribution in [0.5, 0.6) is 11.5 Å². The third-order valence-corrected chi connectivity index (χ3v) is 3.84. The molecule has 0 saturated heterocycles. The molecule has 2 aromatic carbocycles. The van der Waals surface area contributed by atoms with Crippen molar-refractivity contribution in [1.82, 2.24) is 10.6 Å². The van der Waals surface area contributed by atoms with E-state index in [4.69, 9.17) is 9.47 Å².